The van der Waals surface area contributed by atoms with Gasteiger partial charge < -0.3 is 0 Å². The second-order valence-corrected chi connectivity index (χ2v) is 6.63. The van der Waals surface area contributed by atoms with Crippen molar-refractivity contribution in [1.82, 2.24) is 4.98 Å². The molecule has 0 N–H and O–H groups in total. The summed E-state index contributed by atoms with van der Waals surface area (Å²) >= 11 is 1.63. The standard InChI is InChI=1S/C20H18N2O2S/c1-3-17-13-25-20(21-17)19(16-6-4-5-14(2)11-16)12-15-7-9-18(10-8-15)22(23)24/h4-11,13H,2-3,12H2,1H3. The zero-order valence-electron chi connectivity index (χ0n) is 13.9. The highest BCUT2D eigenvalue weighted by Crippen LogP contribution is 2.31. The van der Waals surface area contributed by atoms with Gasteiger partial charge in [0.05, 0.1) is 16.5 Å². The van der Waals surface area contributed by atoms with Crippen molar-refractivity contribution in [3.8, 4) is 0 Å². The van der Waals surface area contributed by atoms with E-state index >= 15 is 0 Å². The number of nitro benzene ring substituents is 1. The molecule has 2 radical (unpaired) electrons. The molecule has 0 bridgehead atoms. The SMILES string of the molecule is [CH2]c1cccc([C](Cc2ccc([N+](=O)[O-])cc2)c2nc(CC)cs2)c1. The molecule has 0 spiro atoms. The molecule has 0 amide bonds. The molecule has 0 saturated carbocycles. The number of thiazole rings is 1. The number of aromatic nitrogens is 1. The van der Waals surface area contributed by atoms with Crippen molar-refractivity contribution >= 4 is 17.0 Å². The molecule has 25 heavy (non-hydrogen) atoms. The summed E-state index contributed by atoms with van der Waals surface area (Å²) < 4.78 is 0. The summed E-state index contributed by atoms with van der Waals surface area (Å²) in [6, 6.07) is 14.8. The Morgan fingerprint density at radius 2 is 2.00 bits per heavy atom. The lowest BCUT2D eigenvalue weighted by molar-refractivity contribution is -0.384. The van der Waals surface area contributed by atoms with Gasteiger partial charge in [-0.2, -0.15) is 0 Å². The Bertz CT molecular complexity index is 871. The van der Waals surface area contributed by atoms with Crippen molar-refractivity contribution in [2.75, 3.05) is 0 Å². The Morgan fingerprint density at radius 1 is 1.24 bits per heavy atom. The molecule has 3 aromatic rings. The van der Waals surface area contributed by atoms with Crippen molar-refractivity contribution in [2.45, 2.75) is 19.8 Å². The highest BCUT2D eigenvalue weighted by molar-refractivity contribution is 7.10. The van der Waals surface area contributed by atoms with Gasteiger partial charge in [-0.3, -0.25) is 10.1 Å². The maximum absolute atomic E-state index is 10.8. The van der Waals surface area contributed by atoms with Crippen molar-refractivity contribution in [1.29, 1.82) is 0 Å². The van der Waals surface area contributed by atoms with E-state index in [-0.39, 0.29) is 10.6 Å². The zero-order valence-corrected chi connectivity index (χ0v) is 14.8. The predicted molar refractivity (Wildman–Crippen MR) is 101 cm³/mol. The first-order valence-corrected chi connectivity index (χ1v) is 8.91. The number of hydrogen-bond donors (Lipinski definition) is 0. The number of non-ortho nitro benzene ring substituents is 1. The Hall–Kier alpha value is -2.53. The Morgan fingerprint density at radius 3 is 2.60 bits per heavy atom. The Kier molecular flexibility index (Phi) is 5.24. The number of nitrogens with zero attached hydrogens (tertiary/aromatic N) is 2. The third kappa shape index (κ3) is 4.12. The quantitative estimate of drug-likeness (QED) is 0.464. The number of nitro groups is 1. The molecule has 0 fully saturated rings. The van der Waals surface area contributed by atoms with E-state index in [0.717, 1.165) is 39.7 Å². The molecule has 0 aliphatic rings. The highest BCUT2D eigenvalue weighted by atomic mass is 32.1. The lowest BCUT2D eigenvalue weighted by Gasteiger charge is -2.15. The Labute approximate surface area is 151 Å². The van der Waals surface area contributed by atoms with E-state index in [1.165, 1.54) is 0 Å². The van der Waals surface area contributed by atoms with Gasteiger partial charge in [0.15, 0.2) is 0 Å². The van der Waals surface area contributed by atoms with E-state index in [4.69, 9.17) is 4.98 Å². The molecule has 3 rings (SSSR count). The van der Waals surface area contributed by atoms with Gasteiger partial charge in [0.1, 0.15) is 5.01 Å². The minimum Gasteiger partial charge on any atom is -0.258 e. The van der Waals surface area contributed by atoms with Crippen molar-refractivity contribution in [3.05, 3.63) is 104 Å². The van der Waals surface area contributed by atoms with Gasteiger partial charge in [-0.05, 0) is 36.5 Å². The largest absolute Gasteiger partial charge is 0.269 e. The van der Waals surface area contributed by atoms with Crippen LogP contribution in [0, 0.1) is 23.0 Å². The molecule has 5 heteroatoms. The third-order valence-electron chi connectivity index (χ3n) is 3.98. The molecule has 0 atom stereocenters. The fourth-order valence-electron chi connectivity index (χ4n) is 2.61. The smallest absolute Gasteiger partial charge is 0.258 e. The lowest BCUT2D eigenvalue weighted by atomic mass is 9.91. The number of benzene rings is 2. The molecular weight excluding hydrogens is 332 g/mol. The normalized spacial score (nSPS) is 11.0. The molecule has 1 aromatic heterocycles. The van der Waals surface area contributed by atoms with Crippen LogP contribution >= 0.6 is 11.3 Å². The second-order valence-electron chi connectivity index (χ2n) is 5.78. The van der Waals surface area contributed by atoms with Gasteiger partial charge in [0, 0.05) is 17.5 Å². The van der Waals surface area contributed by atoms with E-state index in [1.807, 2.05) is 18.2 Å². The van der Waals surface area contributed by atoms with E-state index in [1.54, 1.807) is 35.6 Å². The summed E-state index contributed by atoms with van der Waals surface area (Å²) in [7, 11) is 0. The fourth-order valence-corrected chi connectivity index (χ4v) is 3.58. The maximum Gasteiger partial charge on any atom is 0.269 e. The fraction of sp³-hybridized carbons (Fsp3) is 0.150. The molecule has 0 saturated heterocycles. The molecule has 2 aromatic carbocycles. The summed E-state index contributed by atoms with van der Waals surface area (Å²) in [5.74, 6) is 1.11. The molecule has 0 aliphatic carbocycles. The first kappa shape index (κ1) is 17.3. The van der Waals surface area contributed by atoms with Crippen LogP contribution in [0.2, 0.25) is 0 Å². The summed E-state index contributed by atoms with van der Waals surface area (Å²) in [5, 5.41) is 13.9. The van der Waals surface area contributed by atoms with Crippen LogP contribution in [0.15, 0.2) is 53.9 Å². The van der Waals surface area contributed by atoms with Crippen LogP contribution in [0.25, 0.3) is 0 Å². The van der Waals surface area contributed by atoms with Gasteiger partial charge in [-0.25, -0.2) is 4.98 Å². The average molecular weight is 350 g/mol. The molecule has 1 heterocycles. The van der Waals surface area contributed by atoms with Gasteiger partial charge in [-0.15, -0.1) is 11.3 Å². The van der Waals surface area contributed by atoms with Crippen LogP contribution in [0.4, 0.5) is 5.69 Å². The highest BCUT2D eigenvalue weighted by Gasteiger charge is 2.20. The van der Waals surface area contributed by atoms with Crippen LogP contribution in [-0.2, 0) is 12.8 Å². The van der Waals surface area contributed by atoms with Gasteiger partial charge in [0.25, 0.3) is 5.69 Å². The van der Waals surface area contributed by atoms with Crippen LogP contribution in [0.1, 0.15) is 34.3 Å². The molecule has 126 valence electrons. The summed E-state index contributed by atoms with van der Waals surface area (Å²) in [6.45, 7) is 6.10. The summed E-state index contributed by atoms with van der Waals surface area (Å²) in [4.78, 5) is 15.2. The number of hydrogen-bond acceptors (Lipinski definition) is 4. The zero-order chi connectivity index (χ0) is 17.8. The van der Waals surface area contributed by atoms with Crippen LogP contribution in [-0.4, -0.2) is 9.91 Å². The monoisotopic (exact) mass is 350 g/mol. The van der Waals surface area contributed by atoms with E-state index in [9.17, 15) is 10.1 Å². The molecule has 0 aliphatic heterocycles. The van der Waals surface area contributed by atoms with Crippen LogP contribution < -0.4 is 0 Å². The van der Waals surface area contributed by atoms with E-state index in [0.29, 0.717) is 6.42 Å². The first-order valence-electron chi connectivity index (χ1n) is 8.03. The van der Waals surface area contributed by atoms with Gasteiger partial charge in [-0.1, -0.05) is 43.3 Å². The predicted octanol–water partition coefficient (Wildman–Crippen LogP) is 5.01. The minimum atomic E-state index is -0.380. The maximum atomic E-state index is 10.8. The molecular formula is C20H18N2O2S. The van der Waals surface area contributed by atoms with Crippen molar-refractivity contribution < 1.29 is 4.92 Å². The van der Waals surface area contributed by atoms with Crippen LogP contribution in [0.5, 0.6) is 0 Å². The first-order chi connectivity index (χ1) is 12.1. The summed E-state index contributed by atoms with van der Waals surface area (Å²) in [6.07, 6.45) is 1.56. The van der Waals surface area contributed by atoms with Crippen LogP contribution in [0.3, 0.4) is 0 Å². The minimum absolute atomic E-state index is 0.104. The third-order valence-corrected chi connectivity index (χ3v) is 4.93. The second kappa shape index (κ2) is 7.57. The Balaban J connectivity index is 1.94. The topological polar surface area (TPSA) is 56.0 Å². The summed E-state index contributed by atoms with van der Waals surface area (Å²) in [5.41, 5.74) is 4.23. The van der Waals surface area contributed by atoms with Gasteiger partial charge in [0.2, 0.25) is 0 Å². The van der Waals surface area contributed by atoms with Crippen molar-refractivity contribution in [3.63, 3.8) is 0 Å². The lowest BCUT2D eigenvalue weighted by Crippen LogP contribution is -2.07. The number of aryl methyl sites for hydroxylation is 1. The van der Waals surface area contributed by atoms with Crippen molar-refractivity contribution in [2.24, 2.45) is 0 Å². The van der Waals surface area contributed by atoms with Gasteiger partial charge >= 0.3 is 0 Å². The van der Waals surface area contributed by atoms with E-state index < -0.39 is 0 Å². The number of rotatable bonds is 6. The molecule has 4 nitrogen and oxygen atoms in total. The molecule has 0 unspecified atom stereocenters. The van der Waals surface area contributed by atoms with E-state index in [2.05, 4.69) is 25.3 Å². The average Bonchev–Trinajstić information content (AvgIpc) is 3.09.